The molecule has 4 nitrogen and oxygen atoms in total. The third-order valence-electron chi connectivity index (χ3n) is 4.99. The predicted octanol–water partition coefficient (Wildman–Crippen LogP) is 7.23. The molecule has 0 spiro atoms. The second-order valence-corrected chi connectivity index (χ2v) is 7.72. The number of rotatable bonds is 16. The van der Waals surface area contributed by atoms with Crippen LogP contribution in [0.2, 0.25) is 0 Å². The minimum Gasteiger partial charge on any atom is -0.493 e. The topological polar surface area (TPSA) is 44.8 Å². The quantitative estimate of drug-likeness (QED) is 0.118. The molecular weight excluding hydrogens is 412 g/mol. The van der Waals surface area contributed by atoms with Crippen molar-refractivity contribution in [1.82, 2.24) is 0 Å². The van der Waals surface area contributed by atoms with Gasteiger partial charge in [-0.25, -0.2) is 0 Å². The summed E-state index contributed by atoms with van der Waals surface area (Å²) in [6.07, 6.45) is 11.7. The lowest BCUT2D eigenvalue weighted by Crippen LogP contribution is -2.04. The summed E-state index contributed by atoms with van der Waals surface area (Å²) in [4.78, 5) is 12.7. The van der Waals surface area contributed by atoms with Crippen LogP contribution in [0.1, 0.15) is 61.0 Å². The molecule has 4 heteroatoms. The monoisotopic (exact) mass is 448 g/mol. The van der Waals surface area contributed by atoms with Crippen LogP contribution in [0.5, 0.6) is 17.2 Å². The van der Waals surface area contributed by atoms with E-state index < -0.39 is 0 Å². The van der Waals surface area contributed by atoms with E-state index in [0.29, 0.717) is 37.6 Å². The summed E-state index contributed by atoms with van der Waals surface area (Å²) in [7, 11) is 0. The Morgan fingerprint density at radius 2 is 1.55 bits per heavy atom. The van der Waals surface area contributed by atoms with Crippen molar-refractivity contribution in [2.45, 2.75) is 46.0 Å². The number of ketones is 1. The molecule has 0 atom stereocenters. The molecule has 2 rings (SSSR count). The number of hydrogen-bond acceptors (Lipinski definition) is 4. The first-order valence-corrected chi connectivity index (χ1v) is 11.7. The molecule has 0 amide bonds. The van der Waals surface area contributed by atoms with Gasteiger partial charge in [0.25, 0.3) is 0 Å². The van der Waals surface area contributed by atoms with Crippen LogP contribution >= 0.6 is 0 Å². The van der Waals surface area contributed by atoms with Crippen molar-refractivity contribution in [2.24, 2.45) is 0 Å². The smallest absolute Gasteiger partial charge is 0.185 e. The van der Waals surface area contributed by atoms with Gasteiger partial charge in [-0.05, 0) is 67.3 Å². The summed E-state index contributed by atoms with van der Waals surface area (Å²) < 4.78 is 17.6. The van der Waals surface area contributed by atoms with Crippen LogP contribution < -0.4 is 14.2 Å². The number of ether oxygens (including phenoxy) is 3. The molecule has 0 saturated carbocycles. The molecule has 0 heterocycles. The normalized spacial score (nSPS) is 10.7. The lowest BCUT2D eigenvalue weighted by Gasteiger charge is -2.16. The Balaban J connectivity index is 2.27. The minimum atomic E-state index is -0.0849. The number of benzene rings is 2. The second kappa shape index (κ2) is 14.7. The third kappa shape index (κ3) is 8.64. The SMILES string of the molecule is C=CCOc1ccc(C(=O)C=Cc2cc(CC=C)c(OCCCC)cc2OCCCC)cc1. The number of hydrogen-bond donors (Lipinski definition) is 0. The number of carbonyl (C=O) groups is 1. The van der Waals surface area contributed by atoms with Crippen LogP contribution in [0.3, 0.4) is 0 Å². The Morgan fingerprint density at radius 3 is 2.15 bits per heavy atom. The van der Waals surface area contributed by atoms with Gasteiger partial charge < -0.3 is 14.2 Å². The van der Waals surface area contributed by atoms with Crippen molar-refractivity contribution in [2.75, 3.05) is 19.8 Å². The van der Waals surface area contributed by atoms with Crippen LogP contribution in [-0.4, -0.2) is 25.6 Å². The first kappa shape index (κ1) is 26.0. The van der Waals surface area contributed by atoms with Gasteiger partial charge in [0, 0.05) is 17.2 Å². The molecule has 0 aliphatic heterocycles. The van der Waals surface area contributed by atoms with E-state index in [2.05, 4.69) is 27.0 Å². The highest BCUT2D eigenvalue weighted by Gasteiger charge is 2.11. The van der Waals surface area contributed by atoms with Gasteiger partial charge in [-0.1, -0.05) is 45.4 Å². The van der Waals surface area contributed by atoms with Crippen LogP contribution in [-0.2, 0) is 6.42 Å². The van der Waals surface area contributed by atoms with Crippen molar-refractivity contribution in [3.8, 4) is 17.2 Å². The van der Waals surface area contributed by atoms with Crippen molar-refractivity contribution < 1.29 is 19.0 Å². The second-order valence-electron chi connectivity index (χ2n) is 7.72. The molecule has 0 radical (unpaired) electrons. The average molecular weight is 449 g/mol. The van der Waals surface area contributed by atoms with E-state index in [4.69, 9.17) is 14.2 Å². The molecule has 2 aromatic carbocycles. The van der Waals surface area contributed by atoms with Crippen LogP contribution in [0.4, 0.5) is 0 Å². The third-order valence-corrected chi connectivity index (χ3v) is 4.99. The molecule has 0 bridgehead atoms. The zero-order valence-electron chi connectivity index (χ0n) is 20.0. The maximum absolute atomic E-state index is 12.7. The molecule has 0 unspecified atom stereocenters. The first-order chi connectivity index (χ1) is 16.1. The zero-order chi connectivity index (χ0) is 23.9. The largest absolute Gasteiger partial charge is 0.493 e. The Labute approximate surface area is 198 Å². The van der Waals surface area contributed by atoms with Crippen molar-refractivity contribution >= 4 is 11.9 Å². The maximum Gasteiger partial charge on any atom is 0.185 e. The molecule has 2 aromatic rings. The Morgan fingerprint density at radius 1 is 0.879 bits per heavy atom. The van der Waals surface area contributed by atoms with Gasteiger partial charge in [-0.15, -0.1) is 6.58 Å². The van der Waals surface area contributed by atoms with Gasteiger partial charge >= 0.3 is 0 Å². The molecular formula is C29H36O4. The molecule has 0 aliphatic carbocycles. The fourth-order valence-corrected chi connectivity index (χ4v) is 3.11. The summed E-state index contributed by atoms with van der Waals surface area (Å²) >= 11 is 0. The van der Waals surface area contributed by atoms with E-state index in [1.165, 1.54) is 0 Å². The van der Waals surface area contributed by atoms with E-state index in [9.17, 15) is 4.79 Å². The predicted molar refractivity (Wildman–Crippen MR) is 137 cm³/mol. The van der Waals surface area contributed by atoms with E-state index in [1.54, 1.807) is 36.4 Å². The van der Waals surface area contributed by atoms with E-state index in [0.717, 1.165) is 48.3 Å². The van der Waals surface area contributed by atoms with Gasteiger partial charge in [-0.2, -0.15) is 0 Å². The molecule has 33 heavy (non-hydrogen) atoms. The van der Waals surface area contributed by atoms with Crippen LogP contribution in [0.25, 0.3) is 6.08 Å². The van der Waals surface area contributed by atoms with Gasteiger partial charge in [0.15, 0.2) is 5.78 Å². The Hall–Kier alpha value is -3.27. The lowest BCUT2D eigenvalue weighted by atomic mass is 10.0. The molecule has 0 aliphatic rings. The van der Waals surface area contributed by atoms with Gasteiger partial charge in [0.2, 0.25) is 0 Å². The molecule has 0 fully saturated rings. The highest BCUT2D eigenvalue weighted by Crippen LogP contribution is 2.32. The number of allylic oxidation sites excluding steroid dienone is 2. The van der Waals surface area contributed by atoms with Gasteiger partial charge in [-0.3, -0.25) is 4.79 Å². The molecule has 0 N–H and O–H groups in total. The summed E-state index contributed by atoms with van der Waals surface area (Å²) in [6.45, 7) is 13.5. The van der Waals surface area contributed by atoms with Gasteiger partial charge in [0.05, 0.1) is 13.2 Å². The highest BCUT2D eigenvalue weighted by atomic mass is 16.5. The summed E-state index contributed by atoms with van der Waals surface area (Å²) in [5, 5.41) is 0. The molecule has 176 valence electrons. The van der Waals surface area contributed by atoms with Crippen LogP contribution in [0, 0.1) is 0 Å². The lowest BCUT2D eigenvalue weighted by molar-refractivity contribution is 0.104. The minimum absolute atomic E-state index is 0.0849. The first-order valence-electron chi connectivity index (χ1n) is 11.7. The fraction of sp³-hybridized carbons (Fsp3) is 0.345. The standard InChI is InChI=1S/C29H36O4/c1-5-9-19-32-28-22-29(33-20-10-6-2)25(21-24(28)11-7-3)14-17-27(30)23-12-15-26(16-13-23)31-18-8-4/h7-8,12-17,21-22H,3-6,9-11,18-20H2,1-2H3. The van der Waals surface area contributed by atoms with Crippen molar-refractivity contribution in [1.29, 1.82) is 0 Å². The summed E-state index contributed by atoms with van der Waals surface area (Å²) in [5.74, 6) is 2.15. The van der Waals surface area contributed by atoms with E-state index in [-0.39, 0.29) is 5.78 Å². The van der Waals surface area contributed by atoms with E-state index >= 15 is 0 Å². The maximum atomic E-state index is 12.7. The number of carbonyl (C=O) groups excluding carboxylic acids is 1. The highest BCUT2D eigenvalue weighted by molar-refractivity contribution is 6.07. The molecule has 0 aromatic heterocycles. The summed E-state index contributed by atoms with van der Waals surface area (Å²) in [6, 6.07) is 11.1. The Bertz CT molecular complexity index is 925. The van der Waals surface area contributed by atoms with Crippen molar-refractivity contribution in [3.63, 3.8) is 0 Å². The summed E-state index contributed by atoms with van der Waals surface area (Å²) in [5.41, 5.74) is 2.47. The van der Waals surface area contributed by atoms with Crippen LogP contribution in [0.15, 0.2) is 67.8 Å². The van der Waals surface area contributed by atoms with Crippen molar-refractivity contribution in [3.05, 3.63) is 84.5 Å². The zero-order valence-corrected chi connectivity index (χ0v) is 20.0. The fourth-order valence-electron chi connectivity index (χ4n) is 3.11. The van der Waals surface area contributed by atoms with Gasteiger partial charge in [0.1, 0.15) is 23.9 Å². The van der Waals surface area contributed by atoms with E-state index in [1.807, 2.05) is 24.3 Å². The molecule has 0 saturated heterocycles. The number of unbranched alkanes of at least 4 members (excludes halogenated alkanes) is 2. The average Bonchev–Trinajstić information content (AvgIpc) is 2.83. The Kier molecular flexibility index (Phi) is 11.6.